The minimum Gasteiger partial charge on any atom is -0.373 e. The molecule has 826 valence electrons. The van der Waals surface area contributed by atoms with Gasteiger partial charge in [0, 0.05) is 49.8 Å². The van der Waals surface area contributed by atoms with E-state index in [1.165, 1.54) is 0 Å². The predicted molar refractivity (Wildman–Crippen MR) is 408 cm³/mol. The summed E-state index contributed by atoms with van der Waals surface area (Å²) in [6.07, 6.45) is -108. The highest BCUT2D eigenvalue weighted by molar-refractivity contribution is 7.83. The summed E-state index contributed by atoms with van der Waals surface area (Å²) in [6, 6.07) is 0. The molecule has 15 aliphatic heterocycles. The first-order valence-electron chi connectivity index (χ1n) is 36.5. The van der Waals surface area contributed by atoms with Crippen molar-refractivity contribution in [3.63, 3.8) is 0 Å². The molecule has 35 atom stereocenters. The molecule has 0 aliphatic carbocycles. The highest BCUT2D eigenvalue weighted by Crippen LogP contribution is 2.45. The molecule has 14 N–H and O–H groups in total. The van der Waals surface area contributed by atoms with Gasteiger partial charge in [0.2, 0.25) is 0 Å². The Morgan fingerprint density at radius 3 is 0.314 bits per heavy atom. The van der Waals surface area contributed by atoms with Crippen LogP contribution in [0, 0.1) is 0 Å². The third-order valence-corrected chi connectivity index (χ3v) is 25.7. The van der Waals surface area contributed by atoms with E-state index in [2.05, 4.69) is 29.3 Å². The van der Waals surface area contributed by atoms with Gasteiger partial charge in [-0.2, -0.15) is 118 Å². The molecular formula is C49H84O77S14. The van der Waals surface area contributed by atoms with Crippen LogP contribution in [0.2, 0.25) is 0 Å². The van der Waals surface area contributed by atoms with Crippen molar-refractivity contribution < 1.29 is 340 Å². The molecule has 0 aromatic carbocycles. The van der Waals surface area contributed by atoms with Gasteiger partial charge in [0.05, 0.1) is 46.2 Å². The van der Waals surface area contributed by atoms with Crippen molar-refractivity contribution in [2.24, 2.45) is 0 Å². The van der Waals surface area contributed by atoms with Crippen LogP contribution in [-0.4, -0.2) is 493 Å². The molecule has 15 saturated heterocycles. The van der Waals surface area contributed by atoms with Crippen LogP contribution >= 0.6 is 0 Å². The Labute approximate surface area is 791 Å². The normalized spacial score (nSPS) is 37.5. The zero-order valence-corrected chi connectivity index (χ0v) is 81.3. The van der Waals surface area contributed by atoms with E-state index in [9.17, 15) is 182 Å². The lowest BCUT2D eigenvalue weighted by Gasteiger charge is -2.52. The third kappa shape index (κ3) is 37.2. The standard InChI is InChI=1S/C49H84O77S14/c1-92-36-29(120-134(71,72)73)22-15(8-99-127(50,51)52)106-43(36)113-23-16(9-100-128(53,54)55)107-45(37(93-2)30(23)121-135(74,75)76)115-25-18(11-102-130(59,60)61)109-47(39(95-4)32(25)123-137(80,81)82)117-27-20(13-104-132(65,66)67)111-49(41(97-6)34(27)125-139(86,87)88)119-28-21(14-105-133(68,69)70)112-48(42(98-7)35(28)126-140(89,90)91)118-26-19(12-103-131(62,63)64)110-46(40(96-5)33(26)124-138(83,84)85)116-24-17(10-101-129(56,57)58)108-44(114-22)38(94-3)31(24)122-136(77,78)79/h15-49H,8-14H2,1-7H3,(H,50,51,52)(H,53,54,55)(H,56,57,58)(H,59,60,61)(H,62,63,64)(H,65,66,67)(H,68,69,70)(H,71,72,73)(H,74,75,76)(H,77,78,79)(H,80,81,82)(H,83,84,85)(H,86,87,88)(H,89,90,91)/t15-,16-,17-,18-,19-,20-,21-,22-,23-,24-,25-,26-,27-,28-,29+,30+,31+,32+,33+,34+,35+,36-,37-,38-,39-,40-,41-,42-,43+,44+,45+,46+,47+,48+,49+/m1/s1. The van der Waals surface area contributed by atoms with Crippen LogP contribution in [0.25, 0.3) is 0 Å². The molecule has 15 rings (SSSR count). The van der Waals surface area contributed by atoms with Crippen LogP contribution in [-0.2, 0) is 304 Å². The maximum absolute atomic E-state index is 13.3. The largest absolute Gasteiger partial charge is 0.397 e. The second-order valence-electron chi connectivity index (χ2n) is 28.3. The maximum atomic E-state index is 13.3. The first-order valence-corrected chi connectivity index (χ1v) is 55.6. The summed E-state index contributed by atoms with van der Waals surface area (Å²) in [7, 11) is -84.8. The van der Waals surface area contributed by atoms with E-state index >= 15 is 0 Å². The third-order valence-electron chi connectivity index (χ3n) is 19.4. The van der Waals surface area contributed by atoms with Gasteiger partial charge in [-0.15, -0.1) is 0 Å². The molecular weight excluding hydrogens is 2270 g/mol. The molecule has 0 amide bonds. The quantitative estimate of drug-likeness (QED) is 0.0252. The summed E-state index contributed by atoms with van der Waals surface area (Å²) in [6.45, 7) is -14.5. The van der Waals surface area contributed by atoms with E-state index in [0.717, 1.165) is 0 Å². The van der Waals surface area contributed by atoms with Gasteiger partial charge in [0.15, 0.2) is 44.0 Å². The van der Waals surface area contributed by atoms with Crippen molar-refractivity contribution in [3.05, 3.63) is 0 Å². The van der Waals surface area contributed by atoms with Crippen LogP contribution in [0.3, 0.4) is 0 Å². The van der Waals surface area contributed by atoms with E-state index in [1.807, 2.05) is 0 Å². The molecule has 14 bridgehead atoms. The first-order chi connectivity index (χ1) is 63.7. The van der Waals surface area contributed by atoms with Gasteiger partial charge in [-0.3, -0.25) is 63.7 Å². The maximum Gasteiger partial charge on any atom is 0.397 e. The fraction of sp³-hybridized carbons (Fsp3) is 1.00. The van der Waals surface area contributed by atoms with Crippen LogP contribution in [0.5, 0.6) is 0 Å². The lowest BCUT2D eigenvalue weighted by Crippen LogP contribution is -2.70. The summed E-state index contributed by atoms with van der Waals surface area (Å²) in [4.78, 5) is 0. The second-order valence-corrected chi connectivity index (χ2v) is 43.3. The lowest BCUT2D eigenvalue weighted by atomic mass is 9.95. The SMILES string of the molecule is CO[C@H]1[C@@H]2O[C@H]3[C@H](OS(=O)(=O)O)[C@@H](OC)[C@H](O[C@H]4[C@H](OS(=O)(=O)O)[C@@H](OC)[C@H](O[C@H]5[C@H](OS(=O)(=O)O)[C@@H](OC)[C@H](O[C@H]6[C@H](OS(=O)(=O)O)[C@@H](OC)[C@H](O[C@H]7[C@H](OS(=O)(=O)O)[C@@H](OC)[C@H](O[C@H]8[C@H](OS(=O)(=O)O)[C@@H](OC)[C@H](O[C@@H]([C@@H]1OS(=O)(=O)O)[C@@H](COS(=O)(=O)O)O2)O[C@@H]8COS(=O)(=O)O)O[C@@H]7COS(=O)(=O)O)O[C@@H]6COS(=O)(=O)O)O[C@@H]5COS(=O)(=O)O)O[C@@H]4COS(=O)(=O)O)O[C@@H]3COS(=O)(=O)O. The minimum atomic E-state index is -6.44. The highest BCUT2D eigenvalue weighted by atomic mass is 32.3. The number of hydrogen-bond acceptors (Lipinski definition) is 63. The molecule has 0 radical (unpaired) electrons. The van der Waals surface area contributed by atoms with Gasteiger partial charge in [0.1, 0.15) is 171 Å². The van der Waals surface area contributed by atoms with Gasteiger partial charge in [-0.1, -0.05) is 0 Å². The molecule has 15 aliphatic rings. The zero-order valence-electron chi connectivity index (χ0n) is 69.9. The number of fused-ring (bicyclic) bond motifs is 7. The molecule has 15 fully saturated rings. The summed E-state index contributed by atoms with van der Waals surface area (Å²) >= 11 is 0. The second kappa shape index (κ2) is 47.9. The molecule has 140 heavy (non-hydrogen) atoms. The van der Waals surface area contributed by atoms with Crippen molar-refractivity contribution in [3.8, 4) is 0 Å². The minimum absolute atomic E-state index is 0.414. The van der Waals surface area contributed by atoms with Gasteiger partial charge >= 0.3 is 146 Å². The van der Waals surface area contributed by atoms with Crippen molar-refractivity contribution >= 4 is 146 Å². The van der Waals surface area contributed by atoms with Gasteiger partial charge in [0.25, 0.3) is 0 Å². The van der Waals surface area contributed by atoms with Crippen LogP contribution < -0.4 is 0 Å². The Kier molecular flexibility index (Phi) is 41.9. The summed E-state index contributed by atoms with van der Waals surface area (Å²) in [5.74, 6) is 0. The number of methoxy groups -OCH3 is 7. The topological polar surface area (TPSA) is 1080 Å². The van der Waals surface area contributed by atoms with Crippen LogP contribution in [0.4, 0.5) is 0 Å². The van der Waals surface area contributed by atoms with Gasteiger partial charge in [-0.25, -0.2) is 58.6 Å². The molecule has 0 aromatic heterocycles. The van der Waals surface area contributed by atoms with Crippen molar-refractivity contribution in [1.82, 2.24) is 0 Å². The van der Waals surface area contributed by atoms with E-state index in [-0.39, 0.29) is 0 Å². The summed E-state index contributed by atoms with van der Waals surface area (Å²) < 4.78 is 693. The average Bonchev–Trinajstić information content (AvgIpc) is 0.776. The lowest BCUT2D eigenvalue weighted by molar-refractivity contribution is -0.394. The molecule has 91 heteroatoms. The fourth-order valence-electron chi connectivity index (χ4n) is 14.6. The van der Waals surface area contributed by atoms with E-state index in [0.29, 0.717) is 49.8 Å². The van der Waals surface area contributed by atoms with Gasteiger partial charge in [-0.05, 0) is 0 Å². The molecule has 0 saturated carbocycles. The van der Waals surface area contributed by atoms with Gasteiger partial charge < -0.3 is 99.5 Å². The van der Waals surface area contributed by atoms with E-state index in [1.54, 1.807) is 0 Å². The fourth-order valence-corrected chi connectivity index (χ4v) is 20.3. The number of hydrogen-bond donors (Lipinski definition) is 14. The first kappa shape index (κ1) is 123. The van der Waals surface area contributed by atoms with Crippen molar-refractivity contribution in [2.45, 2.75) is 215 Å². The smallest absolute Gasteiger partial charge is 0.373 e. The predicted octanol–water partition coefficient (Wildman–Crippen LogP) is -13.1. The van der Waals surface area contributed by atoms with Crippen molar-refractivity contribution in [1.29, 1.82) is 0 Å². The molecule has 0 spiro atoms. The number of ether oxygens (including phenoxy) is 21. The Hall–Kier alpha value is -2.66. The van der Waals surface area contributed by atoms with Crippen LogP contribution in [0.15, 0.2) is 0 Å². The Bertz CT molecular complexity index is 4880. The summed E-state index contributed by atoms with van der Waals surface area (Å²) in [5.41, 5.74) is 0. The Morgan fingerprint density at radius 1 is 0.150 bits per heavy atom. The molecule has 0 aromatic rings. The highest BCUT2D eigenvalue weighted by Gasteiger charge is 2.66. The van der Waals surface area contributed by atoms with E-state index < -0.39 is 407 Å². The Balaban J connectivity index is 1.51. The monoisotopic (exact) mass is 2350 g/mol. The van der Waals surface area contributed by atoms with E-state index in [4.69, 9.17) is 129 Å². The molecule has 15 heterocycles. The van der Waals surface area contributed by atoms with Crippen LogP contribution in [0.1, 0.15) is 0 Å². The Morgan fingerprint density at radius 2 is 0.243 bits per heavy atom. The number of rotatable bonds is 42. The summed E-state index contributed by atoms with van der Waals surface area (Å²) in [5, 5.41) is 0. The molecule has 77 nitrogen and oxygen atoms in total. The molecule has 0 unspecified atom stereocenters. The van der Waals surface area contributed by atoms with Crippen molar-refractivity contribution in [2.75, 3.05) is 96.0 Å². The zero-order chi connectivity index (χ0) is 106. The average molecular weight is 2350 g/mol.